The Balaban J connectivity index is 2.61. The van der Waals surface area contributed by atoms with E-state index in [1.807, 2.05) is 0 Å². The summed E-state index contributed by atoms with van der Waals surface area (Å²) in [5, 5.41) is 0. The second-order valence-electron chi connectivity index (χ2n) is 4.10. The molecule has 0 spiro atoms. The zero-order chi connectivity index (χ0) is 9.68. The van der Waals surface area contributed by atoms with Crippen LogP contribution < -0.4 is 5.73 Å². The fourth-order valence-electron chi connectivity index (χ4n) is 2.64. The van der Waals surface area contributed by atoms with Crippen molar-refractivity contribution in [3.63, 3.8) is 0 Å². The van der Waals surface area contributed by atoms with Crippen molar-refractivity contribution < 1.29 is 0 Å². The molecule has 1 heterocycles. The van der Waals surface area contributed by atoms with Crippen LogP contribution in [0.25, 0.3) is 0 Å². The summed E-state index contributed by atoms with van der Waals surface area (Å²) in [6.07, 6.45) is 5.33. The number of hydrogen-bond donors (Lipinski definition) is 1. The molecule has 0 aromatic carbocycles. The SMILES string of the molecule is CC[C@H]1[C@H](CN)CCCCN1CC. The van der Waals surface area contributed by atoms with Crippen molar-refractivity contribution in [2.24, 2.45) is 11.7 Å². The Morgan fingerprint density at radius 2 is 2.08 bits per heavy atom. The molecule has 2 nitrogen and oxygen atoms in total. The van der Waals surface area contributed by atoms with Crippen LogP contribution in [0.15, 0.2) is 0 Å². The molecule has 0 aromatic heterocycles. The fraction of sp³-hybridized carbons (Fsp3) is 1.00. The molecule has 0 aliphatic carbocycles. The van der Waals surface area contributed by atoms with E-state index in [1.54, 1.807) is 0 Å². The average Bonchev–Trinajstić information content (AvgIpc) is 2.37. The minimum Gasteiger partial charge on any atom is -0.330 e. The number of hydrogen-bond acceptors (Lipinski definition) is 2. The second kappa shape index (κ2) is 5.61. The first-order valence-electron chi connectivity index (χ1n) is 5.77. The minimum atomic E-state index is 0.743. The lowest BCUT2D eigenvalue weighted by molar-refractivity contribution is 0.160. The Hall–Kier alpha value is -0.0800. The van der Waals surface area contributed by atoms with E-state index < -0.39 is 0 Å². The van der Waals surface area contributed by atoms with Gasteiger partial charge in [0.1, 0.15) is 0 Å². The van der Waals surface area contributed by atoms with Gasteiger partial charge in [0, 0.05) is 6.04 Å². The van der Waals surface area contributed by atoms with Crippen LogP contribution in [0.1, 0.15) is 39.5 Å². The predicted molar refractivity (Wildman–Crippen MR) is 57.7 cm³/mol. The first kappa shape index (κ1) is 11.0. The topological polar surface area (TPSA) is 29.3 Å². The van der Waals surface area contributed by atoms with Gasteiger partial charge in [0.25, 0.3) is 0 Å². The summed E-state index contributed by atoms with van der Waals surface area (Å²) in [6.45, 7) is 7.90. The number of rotatable bonds is 3. The summed E-state index contributed by atoms with van der Waals surface area (Å²) in [5.74, 6) is 0.743. The number of nitrogens with zero attached hydrogens (tertiary/aromatic N) is 1. The number of likely N-dealkylation sites (tertiary alicyclic amines) is 1. The van der Waals surface area contributed by atoms with E-state index in [0.717, 1.165) is 18.5 Å². The van der Waals surface area contributed by atoms with Gasteiger partial charge in [-0.2, -0.15) is 0 Å². The van der Waals surface area contributed by atoms with Crippen molar-refractivity contribution in [1.29, 1.82) is 0 Å². The van der Waals surface area contributed by atoms with Crippen LogP contribution in [0.4, 0.5) is 0 Å². The van der Waals surface area contributed by atoms with Gasteiger partial charge < -0.3 is 10.6 Å². The molecule has 0 aromatic rings. The van der Waals surface area contributed by atoms with Gasteiger partial charge in [-0.25, -0.2) is 0 Å². The molecule has 1 aliphatic heterocycles. The Bertz CT molecular complexity index is 122. The van der Waals surface area contributed by atoms with E-state index in [0.29, 0.717) is 0 Å². The summed E-state index contributed by atoms with van der Waals surface area (Å²) in [4.78, 5) is 2.62. The van der Waals surface area contributed by atoms with Crippen LogP contribution >= 0.6 is 0 Å². The van der Waals surface area contributed by atoms with Gasteiger partial charge in [-0.3, -0.25) is 0 Å². The Kier molecular flexibility index (Phi) is 4.74. The van der Waals surface area contributed by atoms with Crippen LogP contribution in [-0.4, -0.2) is 30.6 Å². The standard InChI is InChI=1S/C11H24N2/c1-3-11-10(9-12)7-5-6-8-13(11)4-2/h10-11H,3-9,12H2,1-2H3/t10-,11-/m0/s1. The molecular formula is C11H24N2. The Morgan fingerprint density at radius 1 is 1.31 bits per heavy atom. The smallest absolute Gasteiger partial charge is 0.0133 e. The lowest BCUT2D eigenvalue weighted by Crippen LogP contribution is -2.41. The first-order chi connectivity index (χ1) is 6.33. The molecule has 13 heavy (non-hydrogen) atoms. The molecule has 0 radical (unpaired) electrons. The Morgan fingerprint density at radius 3 is 2.62 bits per heavy atom. The molecule has 1 rings (SSSR count). The summed E-state index contributed by atoms with van der Waals surface area (Å²) in [7, 11) is 0. The highest BCUT2D eigenvalue weighted by molar-refractivity contribution is 4.81. The molecule has 2 heteroatoms. The quantitative estimate of drug-likeness (QED) is 0.725. The summed E-state index contributed by atoms with van der Waals surface area (Å²) in [5.41, 5.74) is 5.83. The monoisotopic (exact) mass is 184 g/mol. The average molecular weight is 184 g/mol. The molecule has 1 saturated heterocycles. The molecule has 78 valence electrons. The van der Waals surface area contributed by atoms with E-state index in [1.165, 1.54) is 38.8 Å². The third kappa shape index (κ3) is 2.68. The maximum Gasteiger partial charge on any atom is 0.0133 e. The van der Waals surface area contributed by atoms with Crippen LogP contribution in [0.5, 0.6) is 0 Å². The van der Waals surface area contributed by atoms with Crippen molar-refractivity contribution in [3.8, 4) is 0 Å². The maximum atomic E-state index is 5.83. The van der Waals surface area contributed by atoms with Crippen molar-refractivity contribution >= 4 is 0 Å². The highest BCUT2D eigenvalue weighted by atomic mass is 15.2. The first-order valence-corrected chi connectivity index (χ1v) is 5.77. The van der Waals surface area contributed by atoms with E-state index in [-0.39, 0.29) is 0 Å². The van der Waals surface area contributed by atoms with Gasteiger partial charge in [-0.1, -0.05) is 20.3 Å². The molecule has 2 atom stereocenters. The summed E-state index contributed by atoms with van der Waals surface area (Å²) >= 11 is 0. The summed E-state index contributed by atoms with van der Waals surface area (Å²) in [6, 6.07) is 0.748. The second-order valence-corrected chi connectivity index (χ2v) is 4.10. The van der Waals surface area contributed by atoms with Gasteiger partial charge in [-0.05, 0) is 44.8 Å². The van der Waals surface area contributed by atoms with Gasteiger partial charge in [0.05, 0.1) is 0 Å². The van der Waals surface area contributed by atoms with Crippen molar-refractivity contribution in [2.75, 3.05) is 19.6 Å². The van der Waals surface area contributed by atoms with E-state index in [4.69, 9.17) is 5.73 Å². The van der Waals surface area contributed by atoms with Crippen LogP contribution in [0, 0.1) is 5.92 Å². The molecular weight excluding hydrogens is 160 g/mol. The van der Waals surface area contributed by atoms with Crippen molar-refractivity contribution in [2.45, 2.75) is 45.6 Å². The van der Waals surface area contributed by atoms with Crippen molar-refractivity contribution in [3.05, 3.63) is 0 Å². The number of nitrogens with two attached hydrogens (primary N) is 1. The van der Waals surface area contributed by atoms with Gasteiger partial charge in [0.2, 0.25) is 0 Å². The molecule has 0 unspecified atom stereocenters. The lowest BCUT2D eigenvalue weighted by atomic mass is 9.93. The predicted octanol–water partition coefficient (Wildman–Crippen LogP) is 1.85. The summed E-state index contributed by atoms with van der Waals surface area (Å²) < 4.78 is 0. The zero-order valence-electron chi connectivity index (χ0n) is 9.13. The normalized spacial score (nSPS) is 31.6. The Labute approximate surface area is 82.5 Å². The molecule has 0 saturated carbocycles. The van der Waals surface area contributed by atoms with Gasteiger partial charge in [-0.15, -0.1) is 0 Å². The molecule has 2 N–H and O–H groups in total. The van der Waals surface area contributed by atoms with Gasteiger partial charge >= 0.3 is 0 Å². The van der Waals surface area contributed by atoms with Crippen molar-refractivity contribution in [1.82, 2.24) is 4.90 Å². The van der Waals surface area contributed by atoms with E-state index in [2.05, 4.69) is 18.7 Å². The van der Waals surface area contributed by atoms with Crippen LogP contribution in [0.3, 0.4) is 0 Å². The van der Waals surface area contributed by atoms with Crippen LogP contribution in [0.2, 0.25) is 0 Å². The largest absolute Gasteiger partial charge is 0.330 e. The fourth-order valence-corrected chi connectivity index (χ4v) is 2.64. The van der Waals surface area contributed by atoms with E-state index in [9.17, 15) is 0 Å². The third-order valence-electron chi connectivity index (χ3n) is 3.41. The van der Waals surface area contributed by atoms with Crippen LogP contribution in [-0.2, 0) is 0 Å². The molecule has 0 bridgehead atoms. The molecule has 1 aliphatic rings. The molecule has 1 fully saturated rings. The third-order valence-corrected chi connectivity index (χ3v) is 3.41. The van der Waals surface area contributed by atoms with Gasteiger partial charge in [0.15, 0.2) is 0 Å². The maximum absolute atomic E-state index is 5.83. The minimum absolute atomic E-state index is 0.743. The lowest BCUT2D eigenvalue weighted by Gasteiger charge is -2.33. The molecule has 0 amide bonds. The highest BCUT2D eigenvalue weighted by Crippen LogP contribution is 2.23. The highest BCUT2D eigenvalue weighted by Gasteiger charge is 2.25. The zero-order valence-corrected chi connectivity index (χ0v) is 9.13. The van der Waals surface area contributed by atoms with E-state index >= 15 is 0 Å².